The molecule has 0 saturated carbocycles. The molecule has 0 amide bonds. The Bertz CT molecular complexity index is 281. The van der Waals surface area contributed by atoms with E-state index in [2.05, 4.69) is 33.0 Å². The fraction of sp³-hybridized carbons (Fsp3) is 1.00. The molecule has 2 saturated heterocycles. The molecule has 2 heterocycles. The summed E-state index contributed by atoms with van der Waals surface area (Å²) in [5.74, 6) is 1.52. The van der Waals surface area contributed by atoms with Crippen LogP contribution in [0.5, 0.6) is 0 Å². The Balaban J connectivity index is 1.71. The molecule has 0 spiro atoms. The summed E-state index contributed by atoms with van der Waals surface area (Å²) in [5, 5.41) is 3.75. The molecule has 2 aliphatic rings. The molecular formula is C17H33NO2. The van der Waals surface area contributed by atoms with Gasteiger partial charge in [0, 0.05) is 38.3 Å². The van der Waals surface area contributed by atoms with Crippen molar-refractivity contribution in [3.63, 3.8) is 0 Å². The topological polar surface area (TPSA) is 30.5 Å². The number of nitrogens with one attached hydrogen (secondary N) is 1. The van der Waals surface area contributed by atoms with E-state index in [4.69, 9.17) is 9.47 Å². The van der Waals surface area contributed by atoms with Crippen LogP contribution in [0.15, 0.2) is 0 Å². The average Bonchev–Trinajstić information content (AvgIpc) is 2.86. The maximum absolute atomic E-state index is 5.96. The highest BCUT2D eigenvalue weighted by Crippen LogP contribution is 2.34. The quantitative estimate of drug-likeness (QED) is 0.840. The molecule has 0 aromatic heterocycles. The number of hydrogen-bond acceptors (Lipinski definition) is 3. The van der Waals surface area contributed by atoms with Crippen LogP contribution in [0, 0.1) is 17.3 Å². The first-order valence-corrected chi connectivity index (χ1v) is 8.39. The first-order chi connectivity index (χ1) is 9.47. The number of rotatable bonds is 5. The first kappa shape index (κ1) is 16.3. The van der Waals surface area contributed by atoms with Crippen LogP contribution < -0.4 is 5.32 Å². The molecule has 1 N–H and O–H groups in total. The molecule has 2 fully saturated rings. The van der Waals surface area contributed by atoms with E-state index in [0.717, 1.165) is 32.3 Å². The molecule has 2 rings (SSSR count). The Morgan fingerprint density at radius 1 is 1.10 bits per heavy atom. The molecule has 3 atom stereocenters. The van der Waals surface area contributed by atoms with Gasteiger partial charge in [0.15, 0.2) is 0 Å². The highest BCUT2D eigenvalue weighted by Gasteiger charge is 2.37. The van der Waals surface area contributed by atoms with E-state index in [9.17, 15) is 0 Å². The van der Waals surface area contributed by atoms with E-state index in [1.807, 2.05) is 0 Å². The summed E-state index contributed by atoms with van der Waals surface area (Å²) >= 11 is 0. The SMILES string of the molecule is C[C@@H](CC1CCOCC1)NC[C@H]1CCO[C@@H]1C(C)(C)C. The highest BCUT2D eigenvalue weighted by atomic mass is 16.5. The lowest BCUT2D eigenvalue weighted by Crippen LogP contribution is -2.40. The van der Waals surface area contributed by atoms with Crippen LogP contribution in [0.2, 0.25) is 0 Å². The van der Waals surface area contributed by atoms with Crippen LogP contribution in [0.4, 0.5) is 0 Å². The summed E-state index contributed by atoms with van der Waals surface area (Å²) in [7, 11) is 0. The van der Waals surface area contributed by atoms with Crippen LogP contribution in [-0.2, 0) is 9.47 Å². The lowest BCUT2D eigenvalue weighted by atomic mass is 9.81. The molecule has 3 heteroatoms. The van der Waals surface area contributed by atoms with Gasteiger partial charge in [-0.05, 0) is 43.9 Å². The van der Waals surface area contributed by atoms with Gasteiger partial charge in [0.1, 0.15) is 0 Å². The fourth-order valence-electron chi connectivity index (χ4n) is 3.72. The van der Waals surface area contributed by atoms with E-state index in [0.29, 0.717) is 18.1 Å². The minimum atomic E-state index is 0.257. The van der Waals surface area contributed by atoms with Crippen molar-refractivity contribution in [2.45, 2.75) is 65.5 Å². The van der Waals surface area contributed by atoms with E-state index in [1.165, 1.54) is 25.7 Å². The van der Waals surface area contributed by atoms with Crippen LogP contribution in [0.3, 0.4) is 0 Å². The standard InChI is InChI=1S/C17H33NO2/c1-13(11-14-5-8-19-9-6-14)18-12-15-7-10-20-16(15)17(2,3)4/h13-16,18H,5-12H2,1-4H3/t13-,15+,16-/m0/s1. The summed E-state index contributed by atoms with van der Waals surface area (Å²) in [6.07, 6.45) is 5.38. The molecular weight excluding hydrogens is 250 g/mol. The Kier molecular flexibility index (Phi) is 5.88. The van der Waals surface area contributed by atoms with Gasteiger partial charge in [0.25, 0.3) is 0 Å². The Hall–Kier alpha value is -0.120. The number of hydrogen-bond donors (Lipinski definition) is 1. The van der Waals surface area contributed by atoms with Crippen molar-refractivity contribution in [2.24, 2.45) is 17.3 Å². The van der Waals surface area contributed by atoms with Crippen molar-refractivity contribution in [3.8, 4) is 0 Å². The first-order valence-electron chi connectivity index (χ1n) is 8.39. The molecule has 0 bridgehead atoms. The van der Waals surface area contributed by atoms with Gasteiger partial charge in [-0.15, -0.1) is 0 Å². The van der Waals surface area contributed by atoms with Gasteiger partial charge in [-0.3, -0.25) is 0 Å². The average molecular weight is 283 g/mol. The minimum Gasteiger partial charge on any atom is -0.381 e. The zero-order valence-electron chi connectivity index (χ0n) is 13.8. The van der Waals surface area contributed by atoms with Gasteiger partial charge in [-0.25, -0.2) is 0 Å². The van der Waals surface area contributed by atoms with Gasteiger partial charge in [0.2, 0.25) is 0 Å². The predicted octanol–water partition coefficient (Wildman–Crippen LogP) is 3.23. The van der Waals surface area contributed by atoms with E-state index < -0.39 is 0 Å². The molecule has 0 unspecified atom stereocenters. The molecule has 0 aliphatic carbocycles. The second kappa shape index (κ2) is 7.24. The third-order valence-electron chi connectivity index (χ3n) is 4.82. The summed E-state index contributed by atoms with van der Waals surface area (Å²) in [5.41, 5.74) is 0.257. The summed E-state index contributed by atoms with van der Waals surface area (Å²) in [6.45, 7) is 13.2. The van der Waals surface area contributed by atoms with E-state index in [1.54, 1.807) is 0 Å². The summed E-state index contributed by atoms with van der Waals surface area (Å²) < 4.78 is 11.4. The molecule has 20 heavy (non-hydrogen) atoms. The molecule has 0 aromatic rings. The Labute approximate surface area is 124 Å². The largest absolute Gasteiger partial charge is 0.381 e. The lowest BCUT2D eigenvalue weighted by Gasteiger charge is -2.32. The van der Waals surface area contributed by atoms with E-state index >= 15 is 0 Å². The monoisotopic (exact) mass is 283 g/mol. The molecule has 3 nitrogen and oxygen atoms in total. The molecule has 2 aliphatic heterocycles. The second-order valence-corrected chi connectivity index (χ2v) is 7.81. The Morgan fingerprint density at radius 2 is 1.80 bits per heavy atom. The van der Waals surface area contributed by atoms with Crippen molar-refractivity contribution in [1.82, 2.24) is 5.32 Å². The van der Waals surface area contributed by atoms with Gasteiger partial charge >= 0.3 is 0 Å². The van der Waals surface area contributed by atoms with Gasteiger partial charge < -0.3 is 14.8 Å². The third kappa shape index (κ3) is 4.71. The van der Waals surface area contributed by atoms with Crippen LogP contribution in [0.1, 0.15) is 53.4 Å². The minimum absolute atomic E-state index is 0.257. The zero-order chi connectivity index (χ0) is 14.6. The maximum atomic E-state index is 5.96. The van der Waals surface area contributed by atoms with Crippen molar-refractivity contribution in [3.05, 3.63) is 0 Å². The molecule has 118 valence electrons. The molecule has 0 radical (unpaired) electrons. The predicted molar refractivity (Wildman–Crippen MR) is 82.9 cm³/mol. The molecule has 0 aromatic carbocycles. The summed E-state index contributed by atoms with van der Waals surface area (Å²) in [6, 6.07) is 0.610. The Morgan fingerprint density at radius 3 is 2.45 bits per heavy atom. The van der Waals surface area contributed by atoms with E-state index in [-0.39, 0.29) is 5.41 Å². The van der Waals surface area contributed by atoms with Crippen LogP contribution in [0.25, 0.3) is 0 Å². The van der Waals surface area contributed by atoms with Crippen LogP contribution >= 0.6 is 0 Å². The van der Waals surface area contributed by atoms with Crippen molar-refractivity contribution < 1.29 is 9.47 Å². The van der Waals surface area contributed by atoms with Gasteiger partial charge in [-0.2, -0.15) is 0 Å². The fourth-order valence-corrected chi connectivity index (χ4v) is 3.72. The second-order valence-electron chi connectivity index (χ2n) is 7.81. The highest BCUT2D eigenvalue weighted by molar-refractivity contribution is 4.87. The smallest absolute Gasteiger partial charge is 0.0664 e. The van der Waals surface area contributed by atoms with Crippen molar-refractivity contribution in [1.29, 1.82) is 0 Å². The van der Waals surface area contributed by atoms with Gasteiger partial charge in [0.05, 0.1) is 6.10 Å². The van der Waals surface area contributed by atoms with Crippen LogP contribution in [-0.4, -0.2) is 38.5 Å². The normalized spacial score (nSPS) is 30.6. The van der Waals surface area contributed by atoms with Gasteiger partial charge in [-0.1, -0.05) is 20.8 Å². The van der Waals surface area contributed by atoms with Crippen molar-refractivity contribution >= 4 is 0 Å². The maximum Gasteiger partial charge on any atom is 0.0664 e. The third-order valence-corrected chi connectivity index (χ3v) is 4.82. The lowest BCUT2D eigenvalue weighted by molar-refractivity contribution is 0.00653. The van der Waals surface area contributed by atoms with Crippen molar-refractivity contribution in [2.75, 3.05) is 26.4 Å². The zero-order valence-corrected chi connectivity index (χ0v) is 13.8. The number of ether oxygens (including phenoxy) is 2. The summed E-state index contributed by atoms with van der Waals surface area (Å²) in [4.78, 5) is 0.